The van der Waals surface area contributed by atoms with Crippen LogP contribution in [0.5, 0.6) is 17.2 Å². The quantitative estimate of drug-likeness (QED) is 0.889. The molecule has 1 atom stereocenters. The Balaban J connectivity index is 2.38. The molecular formula is C14H19NO5. The fraction of sp³-hybridized carbons (Fsp3) is 0.500. The van der Waals surface area contributed by atoms with Crippen LogP contribution in [0.4, 0.5) is 0 Å². The highest BCUT2D eigenvalue weighted by atomic mass is 16.5. The maximum Gasteiger partial charge on any atom is 0.257 e. The first-order valence-corrected chi connectivity index (χ1v) is 6.38. The number of benzene rings is 1. The van der Waals surface area contributed by atoms with Crippen LogP contribution in [0.25, 0.3) is 0 Å². The summed E-state index contributed by atoms with van der Waals surface area (Å²) in [4.78, 5) is 14.1. The molecule has 0 aromatic heterocycles. The van der Waals surface area contributed by atoms with E-state index in [9.17, 15) is 9.90 Å². The van der Waals surface area contributed by atoms with E-state index in [2.05, 4.69) is 0 Å². The first kappa shape index (κ1) is 14.5. The maximum absolute atomic E-state index is 12.5. The summed E-state index contributed by atoms with van der Waals surface area (Å²) in [7, 11) is 4.50. The van der Waals surface area contributed by atoms with Gasteiger partial charge in [-0.1, -0.05) is 0 Å². The van der Waals surface area contributed by atoms with E-state index < -0.39 is 6.10 Å². The third-order valence-electron chi connectivity index (χ3n) is 3.39. The molecule has 0 spiro atoms. The Kier molecular flexibility index (Phi) is 4.34. The third-order valence-corrected chi connectivity index (χ3v) is 3.39. The lowest BCUT2D eigenvalue weighted by atomic mass is 10.1. The average Bonchev–Trinajstić information content (AvgIpc) is 2.91. The number of methoxy groups -OCH3 is 3. The second-order valence-electron chi connectivity index (χ2n) is 4.58. The minimum atomic E-state index is -0.454. The van der Waals surface area contributed by atoms with Gasteiger partial charge in [0.05, 0.1) is 33.0 Å². The lowest BCUT2D eigenvalue weighted by Crippen LogP contribution is -2.29. The molecule has 1 aromatic carbocycles. The zero-order valence-corrected chi connectivity index (χ0v) is 11.9. The van der Waals surface area contributed by atoms with Gasteiger partial charge in [-0.05, 0) is 18.6 Å². The van der Waals surface area contributed by atoms with Crippen LogP contribution in [0, 0.1) is 0 Å². The minimum Gasteiger partial charge on any atom is -0.493 e. The molecule has 0 bridgehead atoms. The van der Waals surface area contributed by atoms with E-state index in [0.717, 1.165) is 0 Å². The number of β-amino-alcohol motifs (C(OH)–C–C–N with tert-alkyl or cyclic N) is 1. The minimum absolute atomic E-state index is 0.181. The first-order chi connectivity index (χ1) is 9.62. The highest BCUT2D eigenvalue weighted by Gasteiger charge is 2.29. The van der Waals surface area contributed by atoms with Crippen molar-refractivity contribution in [3.8, 4) is 17.2 Å². The maximum atomic E-state index is 12.5. The van der Waals surface area contributed by atoms with Gasteiger partial charge < -0.3 is 24.2 Å². The van der Waals surface area contributed by atoms with Crippen LogP contribution >= 0.6 is 0 Å². The molecule has 1 aromatic rings. The molecule has 1 heterocycles. The molecule has 1 amide bonds. The molecule has 2 rings (SSSR count). The molecule has 6 nitrogen and oxygen atoms in total. The number of carbonyl (C=O) groups excluding carboxylic acids is 1. The van der Waals surface area contributed by atoms with E-state index in [1.54, 1.807) is 17.0 Å². The van der Waals surface area contributed by atoms with Crippen molar-refractivity contribution in [3.05, 3.63) is 17.7 Å². The summed E-state index contributed by atoms with van der Waals surface area (Å²) in [6.45, 7) is 0.883. The van der Waals surface area contributed by atoms with Gasteiger partial charge in [-0.3, -0.25) is 4.79 Å². The number of nitrogens with zero attached hydrogens (tertiary/aromatic N) is 1. The van der Waals surface area contributed by atoms with Gasteiger partial charge in [0, 0.05) is 13.1 Å². The van der Waals surface area contributed by atoms with Gasteiger partial charge in [-0.15, -0.1) is 0 Å². The van der Waals surface area contributed by atoms with Gasteiger partial charge in [0.15, 0.2) is 11.5 Å². The van der Waals surface area contributed by atoms with Crippen LogP contribution < -0.4 is 14.2 Å². The molecule has 0 saturated carbocycles. The lowest BCUT2D eigenvalue weighted by Gasteiger charge is -2.19. The summed E-state index contributed by atoms with van der Waals surface area (Å²) in [6, 6.07) is 3.31. The normalized spacial score (nSPS) is 18.0. The largest absolute Gasteiger partial charge is 0.493 e. The average molecular weight is 281 g/mol. The highest BCUT2D eigenvalue weighted by molar-refractivity contribution is 5.98. The Labute approximate surface area is 117 Å². The van der Waals surface area contributed by atoms with E-state index >= 15 is 0 Å². The van der Waals surface area contributed by atoms with Gasteiger partial charge in [-0.2, -0.15) is 0 Å². The Morgan fingerprint density at radius 2 is 1.90 bits per heavy atom. The Morgan fingerprint density at radius 1 is 1.20 bits per heavy atom. The van der Waals surface area contributed by atoms with E-state index in [4.69, 9.17) is 14.2 Å². The predicted molar refractivity (Wildman–Crippen MR) is 72.6 cm³/mol. The van der Waals surface area contributed by atoms with Gasteiger partial charge in [0.2, 0.25) is 5.75 Å². The van der Waals surface area contributed by atoms with Crippen molar-refractivity contribution >= 4 is 5.91 Å². The molecule has 0 aliphatic carbocycles. The number of carbonyl (C=O) groups is 1. The third kappa shape index (κ3) is 2.51. The number of hydrogen-bond donors (Lipinski definition) is 1. The number of hydrogen-bond acceptors (Lipinski definition) is 5. The number of aliphatic hydroxyl groups excluding tert-OH is 1. The molecule has 1 N–H and O–H groups in total. The fourth-order valence-corrected chi connectivity index (χ4v) is 2.37. The van der Waals surface area contributed by atoms with Crippen LogP contribution in [0.1, 0.15) is 16.8 Å². The second-order valence-corrected chi connectivity index (χ2v) is 4.58. The smallest absolute Gasteiger partial charge is 0.257 e. The molecule has 1 aliphatic heterocycles. The number of aliphatic hydroxyl groups is 1. The Hall–Kier alpha value is -1.95. The molecule has 1 saturated heterocycles. The summed E-state index contributed by atoms with van der Waals surface area (Å²) < 4.78 is 15.8. The summed E-state index contributed by atoms with van der Waals surface area (Å²) in [5.41, 5.74) is 0.402. The zero-order chi connectivity index (χ0) is 14.7. The van der Waals surface area contributed by atoms with Crippen LogP contribution in [-0.2, 0) is 0 Å². The number of ether oxygens (including phenoxy) is 3. The molecule has 6 heteroatoms. The van der Waals surface area contributed by atoms with Crippen molar-refractivity contribution in [2.24, 2.45) is 0 Å². The van der Waals surface area contributed by atoms with Gasteiger partial charge in [0.1, 0.15) is 0 Å². The van der Waals surface area contributed by atoms with Crippen molar-refractivity contribution in [1.29, 1.82) is 0 Å². The van der Waals surface area contributed by atoms with Crippen LogP contribution in [0.2, 0.25) is 0 Å². The highest BCUT2D eigenvalue weighted by Crippen LogP contribution is 2.40. The van der Waals surface area contributed by atoms with Crippen molar-refractivity contribution in [2.45, 2.75) is 12.5 Å². The van der Waals surface area contributed by atoms with Crippen LogP contribution in [0.15, 0.2) is 12.1 Å². The number of rotatable bonds is 4. The zero-order valence-electron chi connectivity index (χ0n) is 11.9. The molecule has 1 unspecified atom stereocenters. The fourth-order valence-electron chi connectivity index (χ4n) is 2.37. The Bertz CT molecular complexity index is 503. The van der Waals surface area contributed by atoms with E-state index in [0.29, 0.717) is 42.3 Å². The summed E-state index contributed by atoms with van der Waals surface area (Å²) in [6.07, 6.45) is 0.145. The molecular weight excluding hydrogens is 262 g/mol. The molecule has 1 fully saturated rings. The van der Waals surface area contributed by atoms with E-state index in [-0.39, 0.29) is 5.91 Å². The number of amides is 1. The van der Waals surface area contributed by atoms with Gasteiger partial charge in [0.25, 0.3) is 5.91 Å². The predicted octanol–water partition coefficient (Wildman–Crippen LogP) is 0.919. The van der Waals surface area contributed by atoms with Crippen molar-refractivity contribution in [3.63, 3.8) is 0 Å². The van der Waals surface area contributed by atoms with Crippen LogP contribution in [-0.4, -0.2) is 56.4 Å². The van der Waals surface area contributed by atoms with E-state index in [1.807, 2.05) is 0 Å². The molecule has 110 valence electrons. The molecule has 0 radical (unpaired) electrons. The van der Waals surface area contributed by atoms with E-state index in [1.165, 1.54) is 21.3 Å². The summed E-state index contributed by atoms with van der Waals surface area (Å²) >= 11 is 0. The van der Waals surface area contributed by atoms with Gasteiger partial charge in [-0.25, -0.2) is 0 Å². The Morgan fingerprint density at radius 3 is 2.40 bits per heavy atom. The van der Waals surface area contributed by atoms with Crippen molar-refractivity contribution < 1.29 is 24.1 Å². The first-order valence-electron chi connectivity index (χ1n) is 6.38. The summed E-state index contributed by atoms with van der Waals surface area (Å²) in [5, 5.41) is 9.53. The van der Waals surface area contributed by atoms with Crippen LogP contribution in [0.3, 0.4) is 0 Å². The lowest BCUT2D eigenvalue weighted by molar-refractivity contribution is 0.0761. The second kappa shape index (κ2) is 6.00. The topological polar surface area (TPSA) is 68.2 Å². The molecule has 20 heavy (non-hydrogen) atoms. The monoisotopic (exact) mass is 281 g/mol. The summed E-state index contributed by atoms with van der Waals surface area (Å²) in [5.74, 6) is 1.06. The number of likely N-dealkylation sites (tertiary alicyclic amines) is 1. The van der Waals surface area contributed by atoms with Gasteiger partial charge >= 0.3 is 0 Å². The van der Waals surface area contributed by atoms with Crippen molar-refractivity contribution in [2.75, 3.05) is 34.4 Å². The SMILES string of the molecule is COc1ccc(C(=O)N2CCC(O)C2)c(OC)c1OC. The van der Waals surface area contributed by atoms with Crippen molar-refractivity contribution in [1.82, 2.24) is 4.90 Å². The molecule has 1 aliphatic rings. The standard InChI is InChI=1S/C14H19NO5/c1-18-11-5-4-10(12(19-2)13(11)20-3)14(17)15-7-6-9(16)8-15/h4-5,9,16H,6-8H2,1-3H3.